The van der Waals surface area contributed by atoms with Crippen LogP contribution in [0.3, 0.4) is 0 Å². The Hall–Kier alpha value is -1.35. The second-order valence-electron chi connectivity index (χ2n) is 6.07. The zero-order valence-electron chi connectivity index (χ0n) is 12.6. The van der Waals surface area contributed by atoms with E-state index in [1.54, 1.807) is 0 Å². The van der Waals surface area contributed by atoms with Crippen molar-refractivity contribution >= 4 is 5.91 Å². The number of rotatable bonds is 4. The summed E-state index contributed by atoms with van der Waals surface area (Å²) in [5, 5.41) is 0. The highest BCUT2D eigenvalue weighted by molar-refractivity contribution is 5.95. The molecule has 1 fully saturated rings. The Morgan fingerprint density at radius 2 is 1.95 bits per heavy atom. The van der Waals surface area contributed by atoms with Gasteiger partial charge in [0.15, 0.2) is 0 Å². The summed E-state index contributed by atoms with van der Waals surface area (Å²) in [5.41, 5.74) is 7.54. The van der Waals surface area contributed by atoms with Gasteiger partial charge in [0.05, 0.1) is 0 Å². The van der Waals surface area contributed by atoms with E-state index in [4.69, 9.17) is 5.73 Å². The van der Waals surface area contributed by atoms with Crippen LogP contribution in [0.1, 0.15) is 42.6 Å². The van der Waals surface area contributed by atoms with E-state index in [0.29, 0.717) is 6.54 Å². The molecule has 0 radical (unpaired) electrons. The topological polar surface area (TPSA) is 46.3 Å². The summed E-state index contributed by atoms with van der Waals surface area (Å²) in [4.78, 5) is 14.7. The molecule has 0 aromatic heterocycles. The molecule has 1 amide bonds. The third-order valence-electron chi connectivity index (χ3n) is 4.43. The maximum absolute atomic E-state index is 12.7. The minimum absolute atomic E-state index is 0.177. The zero-order valence-corrected chi connectivity index (χ0v) is 12.6. The number of nitrogens with two attached hydrogens (primary N) is 1. The van der Waals surface area contributed by atoms with Crippen molar-refractivity contribution in [1.82, 2.24) is 4.90 Å². The lowest BCUT2D eigenvalue weighted by molar-refractivity contribution is 0.0666. The van der Waals surface area contributed by atoms with Crippen LogP contribution >= 0.6 is 0 Å². The van der Waals surface area contributed by atoms with Gasteiger partial charge < -0.3 is 10.6 Å². The Bertz CT molecular complexity index is 448. The zero-order chi connectivity index (χ0) is 14.5. The Morgan fingerprint density at radius 3 is 2.55 bits per heavy atom. The highest BCUT2D eigenvalue weighted by atomic mass is 16.2. The molecule has 1 heterocycles. The summed E-state index contributed by atoms with van der Waals surface area (Å²) >= 11 is 0. The molecule has 1 aromatic rings. The van der Waals surface area contributed by atoms with E-state index in [0.717, 1.165) is 55.3 Å². The molecule has 1 aliphatic heterocycles. The first kappa shape index (κ1) is 15.0. The van der Waals surface area contributed by atoms with Gasteiger partial charge in [0.25, 0.3) is 5.91 Å². The van der Waals surface area contributed by atoms with Gasteiger partial charge in [-0.1, -0.05) is 32.0 Å². The molecule has 3 heteroatoms. The van der Waals surface area contributed by atoms with Gasteiger partial charge in [0, 0.05) is 18.7 Å². The first-order valence-corrected chi connectivity index (χ1v) is 7.70. The predicted octanol–water partition coefficient (Wildman–Crippen LogP) is 2.70. The molecular formula is C17H26N2O. The van der Waals surface area contributed by atoms with Crippen LogP contribution in [0.2, 0.25) is 0 Å². The minimum atomic E-state index is 0.177. The van der Waals surface area contributed by atoms with Gasteiger partial charge in [0.1, 0.15) is 0 Å². The van der Waals surface area contributed by atoms with Crippen LogP contribution < -0.4 is 5.73 Å². The molecule has 0 bridgehead atoms. The van der Waals surface area contributed by atoms with Crippen molar-refractivity contribution < 1.29 is 4.79 Å². The van der Waals surface area contributed by atoms with Gasteiger partial charge in [0.2, 0.25) is 0 Å². The second kappa shape index (κ2) is 6.89. The van der Waals surface area contributed by atoms with Gasteiger partial charge in [-0.25, -0.2) is 0 Å². The summed E-state index contributed by atoms with van der Waals surface area (Å²) in [6.45, 7) is 6.91. The molecule has 2 rings (SSSR count). The molecule has 1 aliphatic rings. The van der Waals surface area contributed by atoms with Gasteiger partial charge in [-0.2, -0.15) is 0 Å². The van der Waals surface area contributed by atoms with Gasteiger partial charge in [-0.3, -0.25) is 4.79 Å². The monoisotopic (exact) mass is 274 g/mol. The maximum Gasteiger partial charge on any atom is 0.254 e. The molecule has 2 N–H and O–H groups in total. The van der Waals surface area contributed by atoms with Crippen LogP contribution in [0.4, 0.5) is 0 Å². The van der Waals surface area contributed by atoms with Crippen LogP contribution in [0, 0.1) is 11.8 Å². The number of benzene rings is 1. The minimum Gasteiger partial charge on any atom is -0.339 e. The standard InChI is InChI=1S/C17H26N2O/c1-13(2)14-8-11-19(12-9-14)17(20)16-6-4-3-5-15(16)7-10-18/h3-6,13-14H,7-12,18H2,1-2H3. The highest BCUT2D eigenvalue weighted by Crippen LogP contribution is 2.25. The van der Waals surface area contributed by atoms with E-state index in [-0.39, 0.29) is 5.91 Å². The van der Waals surface area contributed by atoms with Crippen LogP contribution in [0.25, 0.3) is 0 Å². The normalized spacial score (nSPS) is 16.7. The molecule has 1 saturated heterocycles. The van der Waals surface area contributed by atoms with E-state index in [1.165, 1.54) is 0 Å². The second-order valence-corrected chi connectivity index (χ2v) is 6.07. The molecule has 110 valence electrons. The molecule has 0 saturated carbocycles. The molecular weight excluding hydrogens is 248 g/mol. The SMILES string of the molecule is CC(C)C1CCN(C(=O)c2ccccc2CCN)CC1. The number of piperidine rings is 1. The van der Waals surface area contributed by atoms with Crippen molar-refractivity contribution in [2.75, 3.05) is 19.6 Å². The van der Waals surface area contributed by atoms with Gasteiger partial charge in [-0.05, 0) is 49.3 Å². The first-order chi connectivity index (χ1) is 9.63. The largest absolute Gasteiger partial charge is 0.339 e. The fraction of sp³-hybridized carbons (Fsp3) is 0.588. The number of hydrogen-bond donors (Lipinski definition) is 1. The van der Waals surface area contributed by atoms with Crippen LogP contribution in [0.15, 0.2) is 24.3 Å². The lowest BCUT2D eigenvalue weighted by atomic mass is 9.86. The lowest BCUT2D eigenvalue weighted by Gasteiger charge is -2.34. The molecule has 0 unspecified atom stereocenters. The molecule has 3 nitrogen and oxygen atoms in total. The molecule has 1 aromatic carbocycles. The predicted molar refractivity (Wildman–Crippen MR) is 82.7 cm³/mol. The van der Waals surface area contributed by atoms with Crippen LogP contribution in [0.5, 0.6) is 0 Å². The van der Waals surface area contributed by atoms with Crippen molar-refractivity contribution in [2.45, 2.75) is 33.1 Å². The summed E-state index contributed by atoms with van der Waals surface area (Å²) < 4.78 is 0. The van der Waals surface area contributed by atoms with E-state index < -0.39 is 0 Å². The fourth-order valence-corrected chi connectivity index (χ4v) is 3.04. The van der Waals surface area contributed by atoms with Gasteiger partial charge >= 0.3 is 0 Å². The van der Waals surface area contributed by atoms with E-state index >= 15 is 0 Å². The van der Waals surface area contributed by atoms with E-state index in [1.807, 2.05) is 29.2 Å². The smallest absolute Gasteiger partial charge is 0.254 e. The maximum atomic E-state index is 12.7. The van der Waals surface area contributed by atoms with Crippen LogP contribution in [-0.2, 0) is 6.42 Å². The van der Waals surface area contributed by atoms with Crippen molar-refractivity contribution in [2.24, 2.45) is 17.6 Å². The fourth-order valence-electron chi connectivity index (χ4n) is 3.04. The molecule has 20 heavy (non-hydrogen) atoms. The third kappa shape index (κ3) is 3.40. The Balaban J connectivity index is 2.05. The van der Waals surface area contributed by atoms with Crippen LogP contribution in [-0.4, -0.2) is 30.4 Å². The highest BCUT2D eigenvalue weighted by Gasteiger charge is 2.25. The molecule has 0 spiro atoms. The van der Waals surface area contributed by atoms with E-state index in [2.05, 4.69) is 13.8 Å². The number of nitrogens with zero attached hydrogens (tertiary/aromatic N) is 1. The van der Waals surface area contributed by atoms with Crippen molar-refractivity contribution in [3.8, 4) is 0 Å². The Kier molecular flexibility index (Phi) is 5.18. The van der Waals surface area contributed by atoms with E-state index in [9.17, 15) is 4.79 Å². The Labute approximate surface area is 122 Å². The third-order valence-corrected chi connectivity index (χ3v) is 4.43. The number of carbonyl (C=O) groups is 1. The summed E-state index contributed by atoms with van der Waals surface area (Å²) in [6.07, 6.45) is 3.02. The van der Waals surface area contributed by atoms with Crippen molar-refractivity contribution in [3.63, 3.8) is 0 Å². The van der Waals surface area contributed by atoms with Crippen molar-refractivity contribution in [3.05, 3.63) is 35.4 Å². The number of likely N-dealkylation sites (tertiary alicyclic amines) is 1. The quantitative estimate of drug-likeness (QED) is 0.917. The average Bonchev–Trinajstić information content (AvgIpc) is 2.47. The lowest BCUT2D eigenvalue weighted by Crippen LogP contribution is -2.39. The molecule has 0 atom stereocenters. The van der Waals surface area contributed by atoms with Crippen molar-refractivity contribution in [1.29, 1.82) is 0 Å². The number of carbonyl (C=O) groups excluding carboxylic acids is 1. The van der Waals surface area contributed by atoms with Gasteiger partial charge in [-0.15, -0.1) is 0 Å². The Morgan fingerprint density at radius 1 is 1.30 bits per heavy atom. The number of hydrogen-bond acceptors (Lipinski definition) is 2. The number of amides is 1. The summed E-state index contributed by atoms with van der Waals surface area (Å²) in [6, 6.07) is 7.86. The first-order valence-electron chi connectivity index (χ1n) is 7.70. The summed E-state index contributed by atoms with van der Waals surface area (Å²) in [5.74, 6) is 1.66. The molecule has 0 aliphatic carbocycles. The average molecular weight is 274 g/mol. The summed E-state index contributed by atoms with van der Waals surface area (Å²) in [7, 11) is 0.